The number of H-pyrrole nitrogens is 1. The Labute approximate surface area is 83.8 Å². The van der Waals surface area contributed by atoms with Crippen molar-refractivity contribution in [2.75, 3.05) is 13.2 Å². The normalized spacial score (nSPS) is 10.3. The molecule has 0 aliphatic carbocycles. The van der Waals surface area contributed by atoms with Crippen LogP contribution in [0.3, 0.4) is 0 Å². The number of nitriles is 1. The second kappa shape index (κ2) is 4.54. The Balaban J connectivity index is 3.38. The maximum absolute atomic E-state index is 11.2. The lowest BCUT2D eigenvalue weighted by molar-refractivity contribution is 0.151. The summed E-state index contributed by atoms with van der Waals surface area (Å²) in [5.74, 6) is 0. The van der Waals surface area contributed by atoms with Gasteiger partial charge in [-0.2, -0.15) is 5.26 Å². The summed E-state index contributed by atoms with van der Waals surface area (Å²) in [5, 5.41) is 26.2. The lowest BCUT2D eigenvalue weighted by Crippen LogP contribution is -2.35. The van der Waals surface area contributed by atoms with E-state index in [-0.39, 0.29) is 5.56 Å². The van der Waals surface area contributed by atoms with Crippen LogP contribution >= 0.6 is 0 Å². The van der Waals surface area contributed by atoms with Gasteiger partial charge in [0.1, 0.15) is 11.6 Å². The van der Waals surface area contributed by atoms with Crippen LogP contribution in [0.25, 0.3) is 0 Å². The van der Waals surface area contributed by atoms with Gasteiger partial charge in [-0.25, -0.2) is 4.79 Å². The van der Waals surface area contributed by atoms with Crippen molar-refractivity contribution in [3.63, 3.8) is 0 Å². The number of aliphatic hydroxyl groups is 2. The van der Waals surface area contributed by atoms with Crippen molar-refractivity contribution in [3.05, 3.63) is 32.6 Å². The molecule has 80 valence electrons. The molecule has 0 saturated carbocycles. The van der Waals surface area contributed by atoms with Crippen molar-refractivity contribution in [3.8, 4) is 6.07 Å². The molecule has 0 spiro atoms. The summed E-state index contributed by atoms with van der Waals surface area (Å²) in [6, 6.07) is 0.739. The summed E-state index contributed by atoms with van der Waals surface area (Å²) in [6.45, 7) is -0.930. The summed E-state index contributed by atoms with van der Waals surface area (Å²) in [6.07, 6.45) is 1.01. The molecule has 0 fully saturated rings. The lowest BCUT2D eigenvalue weighted by Gasteiger charge is -2.13. The van der Waals surface area contributed by atoms with E-state index in [2.05, 4.69) is 0 Å². The van der Waals surface area contributed by atoms with E-state index < -0.39 is 30.5 Å². The maximum atomic E-state index is 11.2. The summed E-state index contributed by atoms with van der Waals surface area (Å²) in [4.78, 5) is 24.2. The minimum Gasteiger partial charge on any atom is -0.394 e. The molecule has 0 atom stereocenters. The first-order valence-electron chi connectivity index (χ1n) is 4.11. The summed E-state index contributed by atoms with van der Waals surface area (Å²) >= 11 is 0. The highest BCUT2D eigenvalue weighted by molar-refractivity contribution is 5.21. The number of hydrogen-bond donors (Lipinski definition) is 3. The second-order valence-electron chi connectivity index (χ2n) is 2.84. The number of rotatable bonds is 3. The molecule has 1 heterocycles. The van der Waals surface area contributed by atoms with Crippen molar-refractivity contribution in [1.29, 1.82) is 5.26 Å². The molecule has 3 N–H and O–H groups in total. The van der Waals surface area contributed by atoms with Crippen molar-refractivity contribution < 1.29 is 10.2 Å². The van der Waals surface area contributed by atoms with Gasteiger partial charge < -0.3 is 10.2 Å². The van der Waals surface area contributed by atoms with Gasteiger partial charge in [0.25, 0.3) is 5.56 Å². The zero-order valence-electron chi connectivity index (χ0n) is 7.67. The number of aliphatic hydroxyl groups excluding tert-OH is 2. The van der Waals surface area contributed by atoms with E-state index >= 15 is 0 Å². The summed E-state index contributed by atoms with van der Waals surface area (Å²) in [5.41, 5.74) is -1.80. The molecule has 0 radical (unpaired) electrons. The molecule has 0 aliphatic heterocycles. The quantitative estimate of drug-likeness (QED) is 0.530. The fraction of sp³-hybridized carbons (Fsp3) is 0.375. The van der Waals surface area contributed by atoms with Gasteiger partial charge in [0.05, 0.1) is 19.3 Å². The predicted molar refractivity (Wildman–Crippen MR) is 49.2 cm³/mol. The van der Waals surface area contributed by atoms with Crippen molar-refractivity contribution in [1.82, 2.24) is 9.55 Å². The van der Waals surface area contributed by atoms with Crippen LogP contribution < -0.4 is 11.2 Å². The fourth-order valence-electron chi connectivity index (χ4n) is 1.07. The van der Waals surface area contributed by atoms with E-state index in [0.717, 1.165) is 10.8 Å². The van der Waals surface area contributed by atoms with Gasteiger partial charge in [0, 0.05) is 6.20 Å². The SMILES string of the molecule is N#Cc1cn(C(CO)CO)c(=O)[nH]c1=O. The Bertz CT molecular complexity index is 492. The molecule has 1 aromatic heterocycles. The van der Waals surface area contributed by atoms with Gasteiger partial charge in [0.2, 0.25) is 0 Å². The minimum absolute atomic E-state index is 0.249. The van der Waals surface area contributed by atoms with Crippen molar-refractivity contribution in [2.45, 2.75) is 6.04 Å². The van der Waals surface area contributed by atoms with E-state index in [0.29, 0.717) is 0 Å². The van der Waals surface area contributed by atoms with Crippen LogP contribution in [0.4, 0.5) is 0 Å². The second-order valence-corrected chi connectivity index (χ2v) is 2.84. The first kappa shape index (κ1) is 11.2. The molecule has 0 unspecified atom stereocenters. The number of nitrogens with zero attached hydrogens (tertiary/aromatic N) is 2. The maximum Gasteiger partial charge on any atom is 0.328 e. The average Bonchev–Trinajstić information content (AvgIpc) is 2.22. The van der Waals surface area contributed by atoms with Crippen LogP contribution in [0, 0.1) is 11.3 Å². The third-order valence-corrected chi connectivity index (χ3v) is 1.90. The molecule has 15 heavy (non-hydrogen) atoms. The molecule has 0 aromatic carbocycles. The lowest BCUT2D eigenvalue weighted by atomic mass is 10.3. The first-order valence-corrected chi connectivity index (χ1v) is 4.11. The summed E-state index contributed by atoms with van der Waals surface area (Å²) < 4.78 is 0.917. The third kappa shape index (κ3) is 2.12. The topological polar surface area (TPSA) is 119 Å². The van der Waals surface area contributed by atoms with Crippen LogP contribution in [-0.2, 0) is 0 Å². The standard InChI is InChI=1S/C8H9N3O4/c9-1-5-2-11(6(3-12)4-13)8(15)10-7(5)14/h2,6,12-13H,3-4H2,(H,10,14,15). The van der Waals surface area contributed by atoms with Crippen LogP contribution in [0.15, 0.2) is 15.8 Å². The molecule has 1 rings (SSSR count). The van der Waals surface area contributed by atoms with Crippen LogP contribution in [-0.4, -0.2) is 33.0 Å². The number of aromatic nitrogens is 2. The Hall–Kier alpha value is -1.91. The molecule has 0 amide bonds. The van der Waals surface area contributed by atoms with E-state index in [9.17, 15) is 9.59 Å². The molecule has 7 nitrogen and oxygen atoms in total. The highest BCUT2D eigenvalue weighted by Crippen LogP contribution is 1.99. The number of nitrogens with one attached hydrogen (secondary N) is 1. The highest BCUT2D eigenvalue weighted by atomic mass is 16.3. The summed E-state index contributed by atoms with van der Waals surface area (Å²) in [7, 11) is 0. The average molecular weight is 211 g/mol. The van der Waals surface area contributed by atoms with Gasteiger partial charge in [-0.05, 0) is 0 Å². The van der Waals surface area contributed by atoms with Crippen molar-refractivity contribution >= 4 is 0 Å². The van der Waals surface area contributed by atoms with Crippen LogP contribution in [0.1, 0.15) is 11.6 Å². The van der Waals surface area contributed by atoms with Gasteiger partial charge in [0.15, 0.2) is 0 Å². The van der Waals surface area contributed by atoms with E-state index in [1.165, 1.54) is 0 Å². The minimum atomic E-state index is -0.860. The zero-order chi connectivity index (χ0) is 11.4. The first-order chi connectivity index (χ1) is 7.13. The molecular weight excluding hydrogens is 202 g/mol. The smallest absolute Gasteiger partial charge is 0.328 e. The van der Waals surface area contributed by atoms with Gasteiger partial charge in [-0.3, -0.25) is 14.3 Å². The molecule has 1 aromatic rings. The van der Waals surface area contributed by atoms with Crippen LogP contribution in [0.2, 0.25) is 0 Å². The van der Waals surface area contributed by atoms with E-state index in [4.69, 9.17) is 15.5 Å². The Morgan fingerprint density at radius 1 is 1.47 bits per heavy atom. The number of hydrogen-bond acceptors (Lipinski definition) is 5. The van der Waals surface area contributed by atoms with Crippen molar-refractivity contribution in [2.24, 2.45) is 0 Å². The Kier molecular flexibility index (Phi) is 3.38. The molecule has 0 aliphatic rings. The largest absolute Gasteiger partial charge is 0.394 e. The van der Waals surface area contributed by atoms with Gasteiger partial charge in [-0.15, -0.1) is 0 Å². The van der Waals surface area contributed by atoms with E-state index in [1.807, 2.05) is 4.98 Å². The van der Waals surface area contributed by atoms with Gasteiger partial charge in [-0.1, -0.05) is 0 Å². The monoisotopic (exact) mass is 211 g/mol. The predicted octanol–water partition coefficient (Wildman–Crippen LogP) is -2.07. The number of aromatic amines is 1. The van der Waals surface area contributed by atoms with Gasteiger partial charge >= 0.3 is 5.69 Å². The highest BCUT2D eigenvalue weighted by Gasteiger charge is 2.12. The molecule has 0 saturated heterocycles. The van der Waals surface area contributed by atoms with E-state index in [1.54, 1.807) is 6.07 Å². The fourth-order valence-corrected chi connectivity index (χ4v) is 1.07. The third-order valence-electron chi connectivity index (χ3n) is 1.90. The van der Waals surface area contributed by atoms with Crippen LogP contribution in [0.5, 0.6) is 0 Å². The molecule has 7 heteroatoms. The Morgan fingerprint density at radius 3 is 2.53 bits per heavy atom. The Morgan fingerprint density at radius 2 is 2.07 bits per heavy atom. The molecular formula is C8H9N3O4. The zero-order valence-corrected chi connectivity index (χ0v) is 7.67. The molecule has 0 bridgehead atoms.